The van der Waals surface area contributed by atoms with Crippen LogP contribution in [-0.4, -0.2) is 4.55 Å². The molecule has 0 bridgehead atoms. The average molecular weight is 221 g/mol. The van der Waals surface area contributed by atoms with E-state index in [9.17, 15) is 0 Å². The van der Waals surface area contributed by atoms with Crippen LogP contribution >= 0.6 is 0 Å². The summed E-state index contributed by atoms with van der Waals surface area (Å²) in [5.41, 5.74) is 2.64. The Morgan fingerprint density at radius 2 is 1.53 bits per heavy atom. The zero-order valence-corrected chi connectivity index (χ0v) is 10.1. The van der Waals surface area contributed by atoms with Crippen molar-refractivity contribution in [2.75, 3.05) is 0 Å². The number of hydrogen-bond acceptors (Lipinski definition) is 3. The summed E-state index contributed by atoms with van der Waals surface area (Å²) in [5, 5.41) is 0. The third-order valence-corrected chi connectivity index (χ3v) is 1.68. The molecule has 1 aromatic rings. The van der Waals surface area contributed by atoms with Crippen LogP contribution in [0.15, 0.2) is 18.2 Å². The molecule has 0 aliphatic heterocycles. The van der Waals surface area contributed by atoms with Gasteiger partial charge in [-0.3, -0.25) is 0 Å². The van der Waals surface area contributed by atoms with E-state index in [1.54, 1.807) is 0 Å². The van der Waals surface area contributed by atoms with E-state index < -0.39 is 11.0 Å². The Morgan fingerprint density at radius 3 is 1.80 bits per heavy atom. The summed E-state index contributed by atoms with van der Waals surface area (Å²) < 4.78 is 24.1. The number of aryl methyl sites for hydroxylation is 2. The first-order valence-corrected chi connectivity index (χ1v) is 5.41. The van der Waals surface area contributed by atoms with Gasteiger partial charge in [-0.05, 0) is 30.0 Å². The maximum absolute atomic E-state index is 8.56. The number of rotatable bonds is 2. The van der Waals surface area contributed by atoms with Gasteiger partial charge in [-0.2, -0.15) is 0 Å². The minimum absolute atomic E-state index is 0. The smallest absolute Gasteiger partial charge is 0.439 e. The van der Waals surface area contributed by atoms with Gasteiger partial charge in [0, 0.05) is 11.0 Å². The van der Waals surface area contributed by atoms with E-state index in [1.165, 1.54) is 11.1 Å². The molecule has 1 radical (unpaired) electrons. The van der Waals surface area contributed by atoms with Crippen molar-refractivity contribution in [3.05, 3.63) is 35.4 Å². The van der Waals surface area contributed by atoms with E-state index in [0.717, 1.165) is 12.8 Å². The second kappa shape index (κ2) is 10.3. The molecule has 0 aliphatic carbocycles. The van der Waals surface area contributed by atoms with Crippen LogP contribution in [0.3, 0.4) is 0 Å². The van der Waals surface area contributed by atoms with Crippen molar-refractivity contribution < 1.29 is 31.8 Å². The Labute approximate surface area is 105 Å². The minimum atomic E-state index is -2.86. The molecular formula is C10H14LiO3S. The largest absolute Gasteiger partial charge is 1.00 e. The summed E-state index contributed by atoms with van der Waals surface area (Å²) in [6.45, 7) is 4.32. The second-order valence-corrected chi connectivity index (χ2v) is 3.06. The monoisotopic (exact) mass is 221 g/mol. The third kappa shape index (κ3) is 10.0. The normalized spacial score (nSPS) is 8.80. The van der Waals surface area contributed by atoms with E-state index >= 15 is 0 Å². The molecule has 0 spiro atoms. The Balaban J connectivity index is 0. The summed E-state index contributed by atoms with van der Waals surface area (Å²) in [4.78, 5) is 0. The quantitative estimate of drug-likeness (QED) is 0.313. The molecule has 15 heavy (non-hydrogen) atoms. The van der Waals surface area contributed by atoms with Crippen LogP contribution < -0.4 is 18.9 Å². The number of hydrogen-bond donors (Lipinski definition) is 1. The van der Waals surface area contributed by atoms with Crippen LogP contribution in [0.1, 0.15) is 25.0 Å². The molecule has 1 rings (SSSR count). The van der Waals surface area contributed by atoms with Crippen molar-refractivity contribution in [2.24, 2.45) is 0 Å². The molecule has 0 atom stereocenters. The first-order chi connectivity index (χ1) is 6.60. The van der Waals surface area contributed by atoms with Crippen molar-refractivity contribution >= 4 is 11.0 Å². The van der Waals surface area contributed by atoms with Crippen molar-refractivity contribution in [1.29, 1.82) is 0 Å². The zero-order chi connectivity index (χ0) is 11.0. The van der Waals surface area contributed by atoms with E-state index in [0.29, 0.717) is 0 Å². The first kappa shape index (κ1) is 17.1. The van der Waals surface area contributed by atoms with Gasteiger partial charge in [0.1, 0.15) is 0 Å². The fourth-order valence-electron chi connectivity index (χ4n) is 0.982. The van der Waals surface area contributed by atoms with Gasteiger partial charge in [0.2, 0.25) is 0 Å². The maximum atomic E-state index is 8.56. The molecule has 0 unspecified atom stereocenters. The molecule has 0 aromatic heterocycles. The third-order valence-electron chi connectivity index (χ3n) is 1.68. The fraction of sp³-hybridized carbons (Fsp3) is 0.400. The molecule has 1 N–H and O–H groups in total. The molecule has 1 aromatic carbocycles. The van der Waals surface area contributed by atoms with E-state index in [-0.39, 0.29) is 18.9 Å². The summed E-state index contributed by atoms with van der Waals surface area (Å²) in [7, 11) is -2.86. The second-order valence-electron chi connectivity index (χ2n) is 2.63. The molecule has 0 aliphatic rings. The molecule has 3 nitrogen and oxygen atoms in total. The Hall–Kier alpha value is -0.273. The summed E-state index contributed by atoms with van der Waals surface area (Å²) in [6.07, 6.45) is 2.18. The SMILES string of the molecule is CCc1[c]c(CC)ccc1.O=[S-](=O)O.[Li+]. The van der Waals surface area contributed by atoms with Gasteiger partial charge in [-0.25, -0.2) is 0 Å². The maximum Gasteiger partial charge on any atom is 1.00 e. The molecular weight excluding hydrogens is 207 g/mol. The zero-order valence-electron chi connectivity index (χ0n) is 9.32. The molecule has 0 saturated heterocycles. The van der Waals surface area contributed by atoms with E-state index in [4.69, 9.17) is 13.0 Å². The van der Waals surface area contributed by atoms with Crippen LogP contribution in [0.4, 0.5) is 0 Å². The average Bonchev–Trinajstić information content (AvgIpc) is 2.17. The Kier molecular flexibility index (Phi) is 11.7. The predicted octanol–water partition coefficient (Wildman–Crippen LogP) is -0.616. The predicted molar refractivity (Wildman–Crippen MR) is 55.4 cm³/mol. The van der Waals surface area contributed by atoms with Crippen LogP contribution in [0.25, 0.3) is 0 Å². The van der Waals surface area contributed by atoms with Gasteiger partial charge in [0.05, 0.1) is 0 Å². The van der Waals surface area contributed by atoms with Crippen LogP contribution in [0.2, 0.25) is 0 Å². The first-order valence-electron chi connectivity index (χ1n) is 4.38. The van der Waals surface area contributed by atoms with Crippen molar-refractivity contribution in [1.82, 2.24) is 0 Å². The van der Waals surface area contributed by atoms with Crippen LogP contribution in [0.5, 0.6) is 0 Å². The van der Waals surface area contributed by atoms with Gasteiger partial charge < -0.3 is 13.0 Å². The standard InChI is InChI=1S/C10H13.Li.HO3S/c1-3-9-6-5-7-10(4-2)8-9;;1-4(2)3/h5-7H,3-4H2,1-2H3;;(H,1,2,3)/q;+1;-1. The summed E-state index contributed by atoms with van der Waals surface area (Å²) in [6, 6.07) is 9.70. The topological polar surface area (TPSA) is 54.4 Å². The molecule has 0 saturated carbocycles. The van der Waals surface area contributed by atoms with E-state index in [2.05, 4.69) is 38.1 Å². The van der Waals surface area contributed by atoms with Crippen LogP contribution in [0, 0.1) is 6.07 Å². The van der Waals surface area contributed by atoms with Gasteiger partial charge in [0.15, 0.2) is 0 Å². The van der Waals surface area contributed by atoms with Crippen molar-refractivity contribution in [3.63, 3.8) is 0 Å². The van der Waals surface area contributed by atoms with Gasteiger partial charge in [0.25, 0.3) is 0 Å². The molecule has 79 valence electrons. The molecule has 5 heteroatoms. The Morgan fingerprint density at radius 1 is 1.20 bits per heavy atom. The van der Waals surface area contributed by atoms with E-state index in [1.807, 2.05) is 0 Å². The summed E-state index contributed by atoms with van der Waals surface area (Å²) in [5.74, 6) is 0. The molecule has 0 amide bonds. The minimum Gasteiger partial charge on any atom is -0.439 e. The van der Waals surface area contributed by atoms with Gasteiger partial charge in [-0.15, -0.1) is 0 Å². The van der Waals surface area contributed by atoms with Crippen LogP contribution in [-0.2, 0) is 32.2 Å². The summed E-state index contributed by atoms with van der Waals surface area (Å²) >= 11 is 0. The molecule has 0 heterocycles. The van der Waals surface area contributed by atoms with Crippen molar-refractivity contribution in [2.45, 2.75) is 26.7 Å². The fourth-order valence-corrected chi connectivity index (χ4v) is 0.982. The Bertz CT molecular complexity index is 310. The van der Waals surface area contributed by atoms with Gasteiger partial charge in [-0.1, -0.05) is 32.0 Å². The molecule has 0 fully saturated rings. The van der Waals surface area contributed by atoms with Gasteiger partial charge >= 0.3 is 18.9 Å². The van der Waals surface area contributed by atoms with Crippen molar-refractivity contribution in [3.8, 4) is 0 Å². The number of benzene rings is 1.